The Morgan fingerprint density at radius 3 is 2.46 bits per heavy atom. The van der Waals surface area contributed by atoms with Crippen molar-refractivity contribution in [2.75, 3.05) is 31.3 Å². The minimum Gasteiger partial charge on any atom is -0.376 e. The van der Waals surface area contributed by atoms with Crippen LogP contribution in [0.4, 0.5) is 11.4 Å². The summed E-state index contributed by atoms with van der Waals surface area (Å²) >= 11 is 0. The van der Waals surface area contributed by atoms with Crippen molar-refractivity contribution in [3.63, 3.8) is 0 Å². The van der Waals surface area contributed by atoms with Crippen LogP contribution in [-0.2, 0) is 14.8 Å². The number of rotatable bonds is 6. The maximum absolute atomic E-state index is 12.1. The molecule has 0 aromatic heterocycles. The molecule has 2 rings (SSSR count). The number of hydrogen-bond donors (Lipinski definition) is 2. The number of hydrogen-bond acceptors (Lipinski definition) is 4. The van der Waals surface area contributed by atoms with E-state index >= 15 is 0 Å². The van der Waals surface area contributed by atoms with E-state index in [2.05, 4.69) is 10.6 Å². The molecule has 2 N–H and O–H groups in total. The predicted octanol–water partition coefficient (Wildman–Crippen LogP) is 2.30. The second kappa shape index (κ2) is 7.46. The van der Waals surface area contributed by atoms with Crippen molar-refractivity contribution in [3.8, 4) is 0 Å². The first kappa shape index (κ1) is 18.0. The van der Waals surface area contributed by atoms with Gasteiger partial charge in [-0.1, -0.05) is 24.3 Å². The van der Waals surface area contributed by atoms with Crippen molar-refractivity contribution in [1.29, 1.82) is 0 Å². The third-order valence-electron chi connectivity index (χ3n) is 3.48. The largest absolute Gasteiger partial charge is 0.376 e. The quantitative estimate of drug-likeness (QED) is 0.840. The smallest absolute Gasteiger partial charge is 0.243 e. The fraction of sp³-hybridized carbons (Fsp3) is 0.235. The first-order chi connectivity index (χ1) is 11.3. The van der Waals surface area contributed by atoms with E-state index < -0.39 is 10.0 Å². The molecule has 2 aromatic carbocycles. The standard InChI is InChI=1S/C17H21N3O3S/c1-13-7-4-5-10-16(13)19-17(21)12-18-14-8-6-9-15(11-14)24(22,23)20(2)3/h4-11,18H,12H2,1-3H3,(H,19,21). The zero-order valence-electron chi connectivity index (χ0n) is 13.9. The van der Waals surface area contributed by atoms with Crippen LogP contribution in [0.25, 0.3) is 0 Å². The summed E-state index contributed by atoms with van der Waals surface area (Å²) in [5.74, 6) is -0.204. The highest BCUT2D eigenvalue weighted by Crippen LogP contribution is 2.18. The number of aryl methyl sites for hydroxylation is 1. The van der Waals surface area contributed by atoms with E-state index in [1.165, 1.54) is 26.2 Å². The molecule has 1 amide bonds. The first-order valence-electron chi connectivity index (χ1n) is 7.42. The van der Waals surface area contributed by atoms with Crippen LogP contribution in [0.15, 0.2) is 53.4 Å². The Balaban J connectivity index is 2.02. The van der Waals surface area contributed by atoms with Gasteiger partial charge in [0.1, 0.15) is 0 Å². The number of benzene rings is 2. The second-order valence-corrected chi connectivity index (χ2v) is 7.68. The van der Waals surface area contributed by atoms with Gasteiger partial charge in [0.25, 0.3) is 0 Å². The van der Waals surface area contributed by atoms with Crippen LogP contribution >= 0.6 is 0 Å². The summed E-state index contributed by atoms with van der Waals surface area (Å²) in [6.45, 7) is 1.96. The van der Waals surface area contributed by atoms with Gasteiger partial charge in [0, 0.05) is 25.5 Å². The molecule has 0 aliphatic heterocycles. The lowest BCUT2D eigenvalue weighted by atomic mass is 10.2. The number of para-hydroxylation sites is 1. The van der Waals surface area contributed by atoms with Crippen molar-refractivity contribution in [3.05, 3.63) is 54.1 Å². The van der Waals surface area contributed by atoms with Crippen LogP contribution in [0.3, 0.4) is 0 Å². The van der Waals surface area contributed by atoms with E-state index in [9.17, 15) is 13.2 Å². The van der Waals surface area contributed by atoms with Gasteiger partial charge in [0.05, 0.1) is 11.4 Å². The number of carbonyl (C=O) groups excluding carboxylic acids is 1. The summed E-state index contributed by atoms with van der Waals surface area (Å²) in [4.78, 5) is 12.2. The first-order valence-corrected chi connectivity index (χ1v) is 8.86. The molecular weight excluding hydrogens is 326 g/mol. The van der Waals surface area contributed by atoms with Crippen LogP contribution < -0.4 is 10.6 Å². The maximum Gasteiger partial charge on any atom is 0.243 e. The lowest BCUT2D eigenvalue weighted by Crippen LogP contribution is -2.23. The molecule has 0 saturated carbocycles. The number of amides is 1. The van der Waals surface area contributed by atoms with Crippen LogP contribution in [0.1, 0.15) is 5.56 Å². The summed E-state index contributed by atoms with van der Waals surface area (Å²) in [5.41, 5.74) is 2.30. The van der Waals surface area contributed by atoms with Gasteiger partial charge in [-0.25, -0.2) is 12.7 Å². The van der Waals surface area contributed by atoms with Gasteiger partial charge in [-0.3, -0.25) is 4.79 Å². The summed E-state index contributed by atoms with van der Waals surface area (Å²) in [6.07, 6.45) is 0. The summed E-state index contributed by atoms with van der Waals surface area (Å²) < 4.78 is 25.4. The van der Waals surface area contributed by atoms with Crippen molar-refractivity contribution >= 4 is 27.3 Å². The number of sulfonamides is 1. The van der Waals surface area contributed by atoms with Crippen molar-refractivity contribution in [2.45, 2.75) is 11.8 Å². The van der Waals surface area contributed by atoms with Crippen LogP contribution in [0, 0.1) is 6.92 Å². The van der Waals surface area contributed by atoms with E-state index in [1.54, 1.807) is 12.1 Å². The highest BCUT2D eigenvalue weighted by atomic mass is 32.2. The lowest BCUT2D eigenvalue weighted by Gasteiger charge is -2.13. The molecule has 0 saturated heterocycles. The average molecular weight is 347 g/mol. The highest BCUT2D eigenvalue weighted by molar-refractivity contribution is 7.89. The fourth-order valence-corrected chi connectivity index (χ4v) is 3.02. The third kappa shape index (κ3) is 4.33. The fourth-order valence-electron chi connectivity index (χ4n) is 2.07. The number of anilines is 2. The molecule has 24 heavy (non-hydrogen) atoms. The third-order valence-corrected chi connectivity index (χ3v) is 5.30. The Kier molecular flexibility index (Phi) is 5.58. The van der Waals surface area contributed by atoms with E-state index in [-0.39, 0.29) is 17.3 Å². The highest BCUT2D eigenvalue weighted by Gasteiger charge is 2.17. The van der Waals surface area contributed by atoms with Crippen LogP contribution in [-0.4, -0.2) is 39.3 Å². The van der Waals surface area contributed by atoms with Crippen LogP contribution in [0.5, 0.6) is 0 Å². The maximum atomic E-state index is 12.1. The Morgan fingerprint density at radius 1 is 1.08 bits per heavy atom. The topological polar surface area (TPSA) is 78.5 Å². The Morgan fingerprint density at radius 2 is 1.79 bits per heavy atom. The zero-order chi connectivity index (χ0) is 17.7. The van der Waals surface area contributed by atoms with E-state index in [0.717, 1.165) is 15.6 Å². The van der Waals surface area contributed by atoms with Crippen molar-refractivity contribution in [2.24, 2.45) is 0 Å². The monoisotopic (exact) mass is 347 g/mol. The van der Waals surface area contributed by atoms with Gasteiger partial charge >= 0.3 is 0 Å². The Hall–Kier alpha value is -2.38. The average Bonchev–Trinajstić information content (AvgIpc) is 2.55. The molecule has 128 valence electrons. The second-order valence-electron chi connectivity index (χ2n) is 5.53. The van der Waals surface area contributed by atoms with E-state index in [1.807, 2.05) is 31.2 Å². The molecule has 7 heteroatoms. The molecule has 0 unspecified atom stereocenters. The van der Waals surface area contributed by atoms with Crippen molar-refractivity contribution in [1.82, 2.24) is 4.31 Å². The molecule has 0 radical (unpaired) electrons. The van der Waals surface area contributed by atoms with Gasteiger partial charge in [-0.2, -0.15) is 0 Å². The molecule has 0 fully saturated rings. The normalized spacial score (nSPS) is 11.3. The van der Waals surface area contributed by atoms with Gasteiger partial charge in [-0.05, 0) is 36.8 Å². The molecule has 2 aromatic rings. The van der Waals surface area contributed by atoms with Gasteiger partial charge in [0.15, 0.2) is 0 Å². The molecule has 0 spiro atoms. The van der Waals surface area contributed by atoms with Crippen LogP contribution in [0.2, 0.25) is 0 Å². The molecule has 0 aliphatic carbocycles. The molecule has 0 heterocycles. The molecular formula is C17H21N3O3S. The van der Waals surface area contributed by atoms with Gasteiger partial charge < -0.3 is 10.6 Å². The number of nitrogens with zero attached hydrogens (tertiary/aromatic N) is 1. The predicted molar refractivity (Wildman–Crippen MR) is 95.6 cm³/mol. The lowest BCUT2D eigenvalue weighted by molar-refractivity contribution is -0.114. The molecule has 0 bridgehead atoms. The summed E-state index contributed by atoms with van der Waals surface area (Å²) in [6, 6.07) is 13.9. The number of nitrogens with one attached hydrogen (secondary N) is 2. The minimum absolute atomic E-state index is 0.0415. The molecule has 6 nitrogen and oxygen atoms in total. The number of carbonyl (C=O) groups is 1. The SMILES string of the molecule is Cc1ccccc1NC(=O)CNc1cccc(S(=O)(=O)N(C)C)c1. The van der Waals surface area contributed by atoms with Gasteiger partial charge in [0.2, 0.25) is 15.9 Å². The zero-order valence-corrected chi connectivity index (χ0v) is 14.7. The Bertz CT molecular complexity index is 832. The van der Waals surface area contributed by atoms with Crippen molar-refractivity contribution < 1.29 is 13.2 Å². The van der Waals surface area contributed by atoms with Gasteiger partial charge in [-0.15, -0.1) is 0 Å². The summed E-state index contributed by atoms with van der Waals surface area (Å²) in [7, 11) is -0.545. The molecule has 0 aliphatic rings. The van der Waals surface area contributed by atoms with E-state index in [4.69, 9.17) is 0 Å². The summed E-state index contributed by atoms with van der Waals surface area (Å²) in [5, 5.41) is 5.76. The van der Waals surface area contributed by atoms with E-state index in [0.29, 0.717) is 5.69 Å². The molecule has 0 atom stereocenters. The minimum atomic E-state index is -3.50. The Labute approximate surface area is 142 Å².